The lowest BCUT2D eigenvalue weighted by atomic mass is 9.89. The maximum absolute atomic E-state index is 5.62. The van der Waals surface area contributed by atoms with Gasteiger partial charge >= 0.3 is 0 Å². The quantitative estimate of drug-likeness (QED) is 0.697. The van der Waals surface area contributed by atoms with Crippen LogP contribution in [0.15, 0.2) is 0 Å². The smallest absolute Gasteiger partial charge is 0.0769 e. The standard InChI is InChI=1S/C13H24N2/c1-7-12(4,5)15-10-13(6,8-2)14-9-11(15)3/h1,11,14H,8-10H2,2-6H3. The summed E-state index contributed by atoms with van der Waals surface area (Å²) in [4.78, 5) is 2.44. The maximum atomic E-state index is 5.62. The van der Waals surface area contributed by atoms with Crippen LogP contribution in [0.3, 0.4) is 0 Å². The average molecular weight is 208 g/mol. The summed E-state index contributed by atoms with van der Waals surface area (Å²) in [7, 11) is 0. The van der Waals surface area contributed by atoms with Crippen molar-refractivity contribution in [1.29, 1.82) is 0 Å². The summed E-state index contributed by atoms with van der Waals surface area (Å²) < 4.78 is 0. The van der Waals surface area contributed by atoms with Gasteiger partial charge in [0.2, 0.25) is 0 Å². The zero-order chi connectivity index (χ0) is 11.7. The Morgan fingerprint density at radius 1 is 1.60 bits per heavy atom. The molecule has 0 aromatic carbocycles. The van der Waals surface area contributed by atoms with Crippen molar-refractivity contribution < 1.29 is 0 Å². The van der Waals surface area contributed by atoms with Crippen LogP contribution in [0.5, 0.6) is 0 Å². The Bertz CT molecular complexity index is 264. The largest absolute Gasteiger partial charge is 0.309 e. The average Bonchev–Trinajstić information content (AvgIpc) is 2.22. The van der Waals surface area contributed by atoms with E-state index in [1.165, 1.54) is 0 Å². The van der Waals surface area contributed by atoms with Crippen molar-refractivity contribution in [2.75, 3.05) is 13.1 Å². The van der Waals surface area contributed by atoms with Gasteiger partial charge in [0.1, 0.15) is 0 Å². The summed E-state index contributed by atoms with van der Waals surface area (Å²) in [6.45, 7) is 13.1. The zero-order valence-electron chi connectivity index (χ0n) is 10.7. The van der Waals surface area contributed by atoms with Gasteiger partial charge in [0, 0.05) is 24.7 Å². The van der Waals surface area contributed by atoms with E-state index in [1.54, 1.807) is 0 Å². The molecule has 1 N–H and O–H groups in total. The Hall–Kier alpha value is -0.520. The fourth-order valence-corrected chi connectivity index (χ4v) is 2.16. The maximum Gasteiger partial charge on any atom is 0.0769 e. The minimum atomic E-state index is -0.141. The Kier molecular flexibility index (Phi) is 3.48. The molecule has 0 amide bonds. The molecule has 2 heteroatoms. The van der Waals surface area contributed by atoms with Gasteiger partial charge < -0.3 is 5.32 Å². The lowest BCUT2D eigenvalue weighted by molar-refractivity contribution is 0.0382. The van der Waals surface area contributed by atoms with Crippen LogP contribution in [0.1, 0.15) is 41.0 Å². The number of hydrogen-bond donors (Lipinski definition) is 1. The predicted molar refractivity (Wildman–Crippen MR) is 65.8 cm³/mol. The highest BCUT2D eigenvalue weighted by Gasteiger charge is 2.38. The van der Waals surface area contributed by atoms with E-state index in [4.69, 9.17) is 6.42 Å². The molecule has 2 atom stereocenters. The van der Waals surface area contributed by atoms with Gasteiger partial charge in [0.05, 0.1) is 5.54 Å². The van der Waals surface area contributed by atoms with Crippen molar-refractivity contribution in [1.82, 2.24) is 10.2 Å². The molecule has 1 rings (SSSR count). The van der Waals surface area contributed by atoms with Gasteiger partial charge in [-0.3, -0.25) is 4.90 Å². The van der Waals surface area contributed by atoms with Gasteiger partial charge in [-0.2, -0.15) is 0 Å². The monoisotopic (exact) mass is 208 g/mol. The van der Waals surface area contributed by atoms with Gasteiger partial charge in [0.15, 0.2) is 0 Å². The van der Waals surface area contributed by atoms with E-state index in [1.807, 2.05) is 0 Å². The third kappa shape index (κ3) is 2.53. The minimum absolute atomic E-state index is 0.141. The van der Waals surface area contributed by atoms with E-state index in [2.05, 4.69) is 50.8 Å². The van der Waals surface area contributed by atoms with Crippen LogP contribution in [-0.4, -0.2) is 35.1 Å². The SMILES string of the molecule is C#CC(C)(C)N1CC(C)(CC)NCC1C. The minimum Gasteiger partial charge on any atom is -0.309 e. The van der Waals surface area contributed by atoms with E-state index >= 15 is 0 Å². The molecule has 1 aliphatic rings. The molecule has 2 unspecified atom stereocenters. The Balaban J connectivity index is 2.84. The molecule has 15 heavy (non-hydrogen) atoms. The molecule has 0 aromatic rings. The molecule has 1 aliphatic heterocycles. The highest BCUT2D eigenvalue weighted by Crippen LogP contribution is 2.25. The van der Waals surface area contributed by atoms with Crippen molar-refractivity contribution in [3.63, 3.8) is 0 Å². The topological polar surface area (TPSA) is 15.3 Å². The molecule has 1 heterocycles. The van der Waals surface area contributed by atoms with Crippen molar-refractivity contribution in [2.45, 2.75) is 58.2 Å². The van der Waals surface area contributed by atoms with E-state index in [0.29, 0.717) is 6.04 Å². The Morgan fingerprint density at radius 2 is 2.20 bits per heavy atom. The van der Waals surface area contributed by atoms with Crippen LogP contribution < -0.4 is 5.32 Å². The summed E-state index contributed by atoms with van der Waals surface area (Å²) in [5.41, 5.74) is 0.0680. The van der Waals surface area contributed by atoms with Gasteiger partial charge in [-0.25, -0.2) is 0 Å². The fourth-order valence-electron chi connectivity index (χ4n) is 2.16. The molecule has 0 spiro atoms. The Morgan fingerprint density at radius 3 is 2.67 bits per heavy atom. The molecular weight excluding hydrogens is 184 g/mol. The zero-order valence-corrected chi connectivity index (χ0v) is 10.7. The molecule has 0 bridgehead atoms. The summed E-state index contributed by atoms with van der Waals surface area (Å²) in [6, 6.07) is 0.510. The van der Waals surface area contributed by atoms with Crippen LogP contribution in [0.25, 0.3) is 0 Å². The highest BCUT2D eigenvalue weighted by atomic mass is 15.3. The predicted octanol–water partition coefficient (Wildman–Crippen LogP) is 1.86. The first kappa shape index (κ1) is 12.5. The van der Waals surface area contributed by atoms with Gasteiger partial charge in [-0.1, -0.05) is 12.8 Å². The summed E-state index contributed by atoms with van der Waals surface area (Å²) in [5, 5.41) is 3.61. The number of rotatable bonds is 2. The van der Waals surface area contributed by atoms with Crippen LogP contribution in [-0.2, 0) is 0 Å². The van der Waals surface area contributed by atoms with Gasteiger partial charge in [-0.15, -0.1) is 6.42 Å². The molecule has 2 nitrogen and oxygen atoms in total. The van der Waals surface area contributed by atoms with Crippen LogP contribution in [0.4, 0.5) is 0 Å². The van der Waals surface area contributed by atoms with Crippen LogP contribution in [0.2, 0.25) is 0 Å². The molecule has 0 aromatic heterocycles. The first-order valence-corrected chi connectivity index (χ1v) is 5.84. The fraction of sp³-hybridized carbons (Fsp3) is 0.846. The summed E-state index contributed by atoms with van der Waals surface area (Å²) >= 11 is 0. The molecule has 86 valence electrons. The molecule has 1 fully saturated rings. The lowest BCUT2D eigenvalue weighted by Gasteiger charge is -2.50. The Labute approximate surface area is 94.4 Å². The molecular formula is C13H24N2. The van der Waals surface area contributed by atoms with Gasteiger partial charge in [0.25, 0.3) is 0 Å². The van der Waals surface area contributed by atoms with E-state index in [9.17, 15) is 0 Å². The lowest BCUT2D eigenvalue weighted by Crippen LogP contribution is -2.66. The van der Waals surface area contributed by atoms with Crippen molar-refractivity contribution in [3.8, 4) is 12.3 Å². The number of terminal acetylenes is 1. The van der Waals surface area contributed by atoms with Crippen LogP contribution in [0, 0.1) is 12.3 Å². The first-order valence-electron chi connectivity index (χ1n) is 5.84. The number of piperazine rings is 1. The second-order valence-electron chi connectivity index (χ2n) is 5.48. The normalized spacial score (nSPS) is 33.7. The molecule has 1 saturated heterocycles. The van der Waals surface area contributed by atoms with Crippen molar-refractivity contribution >= 4 is 0 Å². The van der Waals surface area contributed by atoms with Crippen molar-refractivity contribution in [3.05, 3.63) is 0 Å². The second-order valence-corrected chi connectivity index (χ2v) is 5.48. The third-order valence-electron chi connectivity index (χ3n) is 3.73. The van der Waals surface area contributed by atoms with E-state index in [0.717, 1.165) is 19.5 Å². The summed E-state index contributed by atoms with van der Waals surface area (Å²) in [5.74, 6) is 2.90. The third-order valence-corrected chi connectivity index (χ3v) is 3.73. The van der Waals surface area contributed by atoms with Gasteiger partial charge in [-0.05, 0) is 34.1 Å². The molecule has 0 aliphatic carbocycles. The van der Waals surface area contributed by atoms with E-state index in [-0.39, 0.29) is 11.1 Å². The highest BCUT2D eigenvalue weighted by molar-refractivity contribution is 5.12. The molecule has 0 saturated carbocycles. The summed E-state index contributed by atoms with van der Waals surface area (Å²) in [6.07, 6.45) is 6.75. The van der Waals surface area contributed by atoms with Crippen LogP contribution >= 0.6 is 0 Å². The number of nitrogens with zero attached hydrogens (tertiary/aromatic N) is 1. The number of nitrogens with one attached hydrogen (secondary N) is 1. The van der Waals surface area contributed by atoms with E-state index < -0.39 is 0 Å². The second kappa shape index (κ2) is 4.15. The first-order chi connectivity index (χ1) is 6.84. The molecule has 0 radical (unpaired) electrons. The number of hydrogen-bond acceptors (Lipinski definition) is 2. The van der Waals surface area contributed by atoms with Crippen molar-refractivity contribution in [2.24, 2.45) is 0 Å².